The first-order valence-electron chi connectivity index (χ1n) is 6.55. The molecule has 0 aliphatic carbocycles. The van der Waals surface area contributed by atoms with Gasteiger partial charge < -0.3 is 5.11 Å². The van der Waals surface area contributed by atoms with Gasteiger partial charge in [0.25, 0.3) is 5.91 Å². The third-order valence-electron chi connectivity index (χ3n) is 2.90. The van der Waals surface area contributed by atoms with E-state index in [1.807, 2.05) is 6.07 Å². The Balaban J connectivity index is 1.66. The van der Waals surface area contributed by atoms with Crippen molar-refractivity contribution in [1.82, 2.24) is 15.6 Å². The first-order valence-corrected chi connectivity index (χ1v) is 7.75. The van der Waals surface area contributed by atoms with Crippen LogP contribution >= 0.6 is 22.9 Å². The summed E-state index contributed by atoms with van der Waals surface area (Å²) in [5.41, 5.74) is 3.98. The highest BCUT2D eigenvalue weighted by Crippen LogP contribution is 2.29. The number of aromatic nitrogens is 2. The molecule has 8 heteroatoms. The molecule has 1 amide bonds. The highest BCUT2D eigenvalue weighted by Gasteiger charge is 2.11. The molecule has 0 atom stereocenters. The minimum Gasteiger partial charge on any atom is -0.508 e. The SMILES string of the molecule is O=C(N/N=C/c1cccc(O)c1)c1cc(-c2ccc(Cl)s2)[nH]n1. The van der Waals surface area contributed by atoms with Crippen LogP contribution in [-0.2, 0) is 0 Å². The van der Waals surface area contributed by atoms with E-state index in [-0.39, 0.29) is 11.4 Å². The Labute approximate surface area is 140 Å². The van der Waals surface area contributed by atoms with Gasteiger partial charge in [0.2, 0.25) is 0 Å². The molecule has 0 aliphatic heterocycles. The van der Waals surface area contributed by atoms with E-state index in [1.54, 1.807) is 30.3 Å². The van der Waals surface area contributed by atoms with E-state index in [0.29, 0.717) is 15.6 Å². The van der Waals surface area contributed by atoms with Gasteiger partial charge in [-0.2, -0.15) is 10.2 Å². The van der Waals surface area contributed by atoms with Crippen LogP contribution in [-0.4, -0.2) is 27.4 Å². The van der Waals surface area contributed by atoms with Crippen molar-refractivity contribution < 1.29 is 9.90 Å². The summed E-state index contributed by atoms with van der Waals surface area (Å²) in [5, 5.41) is 19.9. The number of hydrogen-bond acceptors (Lipinski definition) is 5. The van der Waals surface area contributed by atoms with Gasteiger partial charge in [-0.1, -0.05) is 23.7 Å². The summed E-state index contributed by atoms with van der Waals surface area (Å²) in [6.07, 6.45) is 1.43. The minimum atomic E-state index is -0.438. The Hall–Kier alpha value is -2.64. The number of carbonyl (C=O) groups excluding carboxylic acids is 1. The quantitative estimate of drug-likeness (QED) is 0.500. The molecule has 0 saturated carbocycles. The summed E-state index contributed by atoms with van der Waals surface area (Å²) in [6, 6.07) is 11.8. The molecule has 3 rings (SSSR count). The van der Waals surface area contributed by atoms with Gasteiger partial charge in [0.05, 0.1) is 21.1 Å². The summed E-state index contributed by atoms with van der Waals surface area (Å²) in [7, 11) is 0. The lowest BCUT2D eigenvalue weighted by molar-refractivity contribution is 0.0950. The van der Waals surface area contributed by atoms with E-state index < -0.39 is 5.91 Å². The van der Waals surface area contributed by atoms with Gasteiger partial charge in [-0.05, 0) is 35.9 Å². The summed E-state index contributed by atoms with van der Waals surface area (Å²) in [4.78, 5) is 12.9. The van der Waals surface area contributed by atoms with Crippen molar-refractivity contribution in [2.24, 2.45) is 5.10 Å². The Morgan fingerprint density at radius 3 is 2.96 bits per heavy atom. The number of rotatable bonds is 4. The zero-order valence-electron chi connectivity index (χ0n) is 11.7. The number of nitrogens with zero attached hydrogens (tertiary/aromatic N) is 2. The number of aromatic hydroxyl groups is 1. The third-order valence-corrected chi connectivity index (χ3v) is 4.16. The first kappa shape index (κ1) is 15.3. The normalized spacial score (nSPS) is 11.0. The van der Waals surface area contributed by atoms with Crippen LogP contribution < -0.4 is 5.43 Å². The van der Waals surface area contributed by atoms with Gasteiger partial charge in [0.15, 0.2) is 5.69 Å². The van der Waals surface area contributed by atoms with Crippen LogP contribution in [0.3, 0.4) is 0 Å². The molecule has 0 unspecified atom stereocenters. The molecule has 0 aliphatic rings. The molecule has 116 valence electrons. The standard InChI is InChI=1S/C15H11ClN4O2S/c16-14-5-4-13(23-14)11-7-12(19-18-11)15(22)20-17-8-9-2-1-3-10(21)6-9/h1-8,21H,(H,18,19)(H,20,22)/b17-8+. The van der Waals surface area contributed by atoms with E-state index in [9.17, 15) is 9.90 Å². The number of nitrogens with one attached hydrogen (secondary N) is 2. The molecule has 0 spiro atoms. The van der Waals surface area contributed by atoms with Gasteiger partial charge in [0, 0.05) is 0 Å². The summed E-state index contributed by atoms with van der Waals surface area (Å²) < 4.78 is 0.663. The Morgan fingerprint density at radius 2 is 2.22 bits per heavy atom. The molecule has 0 saturated heterocycles. The molecule has 6 nitrogen and oxygen atoms in total. The maximum absolute atomic E-state index is 12.0. The second-order valence-corrected chi connectivity index (χ2v) is 6.28. The highest BCUT2D eigenvalue weighted by atomic mass is 35.5. The molecule has 3 aromatic rings. The second-order valence-electron chi connectivity index (χ2n) is 4.56. The van der Waals surface area contributed by atoms with Crippen molar-refractivity contribution >= 4 is 35.1 Å². The molecular weight excluding hydrogens is 336 g/mol. The van der Waals surface area contributed by atoms with E-state index >= 15 is 0 Å². The van der Waals surface area contributed by atoms with Crippen LogP contribution in [0.1, 0.15) is 16.1 Å². The van der Waals surface area contributed by atoms with Crippen LogP contribution in [0.2, 0.25) is 4.34 Å². The van der Waals surface area contributed by atoms with Crippen LogP contribution in [0, 0.1) is 0 Å². The number of phenols is 1. The number of thiophene rings is 1. The monoisotopic (exact) mass is 346 g/mol. The van der Waals surface area contributed by atoms with Crippen molar-refractivity contribution in [3.63, 3.8) is 0 Å². The van der Waals surface area contributed by atoms with Crippen LogP contribution in [0.25, 0.3) is 10.6 Å². The van der Waals surface area contributed by atoms with E-state index in [2.05, 4.69) is 20.7 Å². The van der Waals surface area contributed by atoms with Crippen LogP contribution in [0.4, 0.5) is 0 Å². The lowest BCUT2D eigenvalue weighted by Crippen LogP contribution is -2.17. The third kappa shape index (κ3) is 3.77. The van der Waals surface area contributed by atoms with Crippen molar-refractivity contribution in [3.8, 4) is 16.3 Å². The number of H-pyrrole nitrogens is 1. The number of benzene rings is 1. The maximum Gasteiger partial charge on any atom is 0.291 e. The fraction of sp³-hybridized carbons (Fsp3) is 0. The van der Waals surface area contributed by atoms with Gasteiger partial charge in [0.1, 0.15) is 5.75 Å². The van der Waals surface area contributed by atoms with E-state index in [0.717, 1.165) is 4.88 Å². The highest BCUT2D eigenvalue weighted by molar-refractivity contribution is 7.19. The molecular formula is C15H11ClN4O2S. The Bertz CT molecular complexity index is 872. The van der Waals surface area contributed by atoms with Crippen molar-refractivity contribution in [2.45, 2.75) is 0 Å². The number of phenolic OH excluding ortho intramolecular Hbond substituents is 1. The number of carbonyl (C=O) groups is 1. The van der Waals surface area contributed by atoms with Gasteiger partial charge >= 0.3 is 0 Å². The fourth-order valence-corrected chi connectivity index (χ4v) is 2.86. The predicted octanol–water partition coefficient (Wildman–Crippen LogP) is 3.26. The molecule has 0 radical (unpaired) electrons. The number of amides is 1. The average molecular weight is 347 g/mol. The zero-order valence-corrected chi connectivity index (χ0v) is 13.2. The Morgan fingerprint density at radius 1 is 1.35 bits per heavy atom. The molecule has 0 fully saturated rings. The molecule has 23 heavy (non-hydrogen) atoms. The predicted molar refractivity (Wildman–Crippen MR) is 90.1 cm³/mol. The molecule has 0 bridgehead atoms. The summed E-state index contributed by atoms with van der Waals surface area (Å²) in [6.45, 7) is 0. The summed E-state index contributed by atoms with van der Waals surface area (Å²) in [5.74, 6) is -0.307. The van der Waals surface area contributed by atoms with Crippen LogP contribution in [0.15, 0.2) is 47.6 Å². The van der Waals surface area contributed by atoms with Crippen molar-refractivity contribution in [1.29, 1.82) is 0 Å². The molecule has 1 aromatic carbocycles. The van der Waals surface area contributed by atoms with Crippen molar-refractivity contribution in [2.75, 3.05) is 0 Å². The summed E-state index contributed by atoms with van der Waals surface area (Å²) >= 11 is 7.28. The van der Waals surface area contributed by atoms with E-state index in [4.69, 9.17) is 11.6 Å². The average Bonchev–Trinajstić information content (AvgIpc) is 3.16. The fourth-order valence-electron chi connectivity index (χ4n) is 1.85. The zero-order chi connectivity index (χ0) is 16.2. The van der Waals surface area contributed by atoms with E-state index in [1.165, 1.54) is 23.6 Å². The lowest BCUT2D eigenvalue weighted by atomic mass is 10.2. The topological polar surface area (TPSA) is 90.4 Å². The number of hydrogen-bond donors (Lipinski definition) is 3. The molecule has 2 aromatic heterocycles. The Kier molecular flexibility index (Phi) is 4.40. The van der Waals surface area contributed by atoms with Crippen LogP contribution in [0.5, 0.6) is 5.75 Å². The minimum absolute atomic E-state index is 0.131. The lowest BCUT2D eigenvalue weighted by Gasteiger charge is -1.96. The maximum atomic E-state index is 12.0. The second kappa shape index (κ2) is 6.64. The van der Waals surface area contributed by atoms with Gasteiger partial charge in [-0.3, -0.25) is 9.89 Å². The van der Waals surface area contributed by atoms with Gasteiger partial charge in [-0.15, -0.1) is 11.3 Å². The largest absolute Gasteiger partial charge is 0.508 e. The first-order chi connectivity index (χ1) is 11.1. The molecule has 3 N–H and O–H groups in total. The number of halogens is 1. The molecule has 2 heterocycles. The van der Waals surface area contributed by atoms with Gasteiger partial charge in [-0.25, -0.2) is 5.43 Å². The van der Waals surface area contributed by atoms with Crippen molar-refractivity contribution in [3.05, 3.63) is 58.1 Å². The number of aromatic amines is 1. The smallest absolute Gasteiger partial charge is 0.291 e. The number of hydrazone groups is 1.